The number of anilines is 1. The van der Waals surface area contributed by atoms with Gasteiger partial charge < -0.3 is 14.0 Å². The summed E-state index contributed by atoms with van der Waals surface area (Å²) in [6.45, 7) is 0. The average Bonchev–Trinajstić information content (AvgIpc) is 2.41. The zero-order chi connectivity index (χ0) is 13.7. The van der Waals surface area contributed by atoms with E-state index >= 15 is 0 Å². The molecule has 100 valence electrons. The molecular formula is C11H10N3O3S2-. The number of hydrogen-bond donors (Lipinski definition) is 2. The molecule has 19 heavy (non-hydrogen) atoms. The number of benzene rings is 1. The van der Waals surface area contributed by atoms with Gasteiger partial charge in [-0.3, -0.25) is 14.3 Å². The fourth-order valence-corrected chi connectivity index (χ4v) is 2.10. The van der Waals surface area contributed by atoms with E-state index in [0.29, 0.717) is 11.5 Å². The molecule has 1 aromatic carbocycles. The first kappa shape index (κ1) is 13.8. The smallest absolute Gasteiger partial charge is 0.154 e. The molecule has 3 N–H and O–H groups in total. The van der Waals surface area contributed by atoms with Gasteiger partial charge in [-0.25, -0.2) is 0 Å². The van der Waals surface area contributed by atoms with Crippen LogP contribution in [0.5, 0.6) is 11.5 Å². The number of ether oxygens (including phenoxy) is 1. The Balaban J connectivity index is 2.30. The number of nitrogens with zero attached hydrogens (tertiary/aromatic N) is 1. The van der Waals surface area contributed by atoms with E-state index in [1.165, 1.54) is 12.4 Å². The fourth-order valence-electron chi connectivity index (χ4n) is 1.39. The summed E-state index contributed by atoms with van der Waals surface area (Å²) in [5.74, 6) is 0.890. The molecule has 1 unspecified atom stereocenters. The Morgan fingerprint density at radius 2 is 2.11 bits per heavy atom. The zero-order valence-electron chi connectivity index (χ0n) is 9.61. The van der Waals surface area contributed by atoms with Crippen LogP contribution in [-0.2, 0) is 11.3 Å². The predicted molar refractivity (Wildman–Crippen MR) is 73.3 cm³/mol. The van der Waals surface area contributed by atoms with Crippen molar-refractivity contribution in [3.8, 4) is 11.5 Å². The van der Waals surface area contributed by atoms with Gasteiger partial charge in [0.15, 0.2) is 5.75 Å². The summed E-state index contributed by atoms with van der Waals surface area (Å²) >= 11 is -1.39. The van der Waals surface area contributed by atoms with E-state index in [4.69, 9.17) is 9.88 Å². The third-order valence-electron chi connectivity index (χ3n) is 2.17. The van der Waals surface area contributed by atoms with E-state index in [9.17, 15) is 8.76 Å². The van der Waals surface area contributed by atoms with Crippen molar-refractivity contribution in [2.24, 2.45) is 5.14 Å². The van der Waals surface area contributed by atoms with Gasteiger partial charge in [-0.2, -0.15) is 0 Å². The largest absolute Gasteiger partial charge is 0.755 e. The molecule has 2 rings (SSSR count). The minimum atomic E-state index is -2.44. The van der Waals surface area contributed by atoms with Crippen LogP contribution in [0.15, 0.2) is 47.6 Å². The maximum Gasteiger partial charge on any atom is 0.154 e. The molecule has 2 aromatic rings. The SMILES string of the molecule is NSc1ccccc1Oc1ccncc1NS(=O)[O-]. The third-order valence-corrected chi connectivity index (χ3v) is 3.15. The molecule has 0 bridgehead atoms. The molecule has 8 heteroatoms. The van der Waals surface area contributed by atoms with Crippen LogP contribution in [0.2, 0.25) is 0 Å². The van der Waals surface area contributed by atoms with Gasteiger partial charge in [0.05, 0.1) is 11.1 Å². The van der Waals surface area contributed by atoms with Crippen LogP contribution in [-0.4, -0.2) is 13.7 Å². The standard InChI is InChI=1S/C11H11N3O3S2/c12-18-11-4-2-1-3-10(11)17-9-5-6-13-7-8(9)14-19(15)16/h1-7,14H,12H2,(H,15,16)/p-1. The van der Waals surface area contributed by atoms with Crippen molar-refractivity contribution in [3.63, 3.8) is 0 Å². The maximum atomic E-state index is 10.7. The molecule has 0 aliphatic heterocycles. The molecule has 1 aromatic heterocycles. The molecule has 6 nitrogen and oxygen atoms in total. The molecule has 0 saturated heterocycles. The van der Waals surface area contributed by atoms with Crippen molar-refractivity contribution in [3.05, 3.63) is 42.7 Å². The predicted octanol–water partition coefficient (Wildman–Crippen LogP) is 2.05. The summed E-state index contributed by atoms with van der Waals surface area (Å²) < 4.78 is 29.2. The number of rotatable bonds is 5. The molecule has 0 aliphatic carbocycles. The lowest BCUT2D eigenvalue weighted by molar-refractivity contribution is 0.472. The summed E-state index contributed by atoms with van der Waals surface area (Å²) in [5, 5.41) is 5.53. The topological polar surface area (TPSA) is 100 Å². The first-order chi connectivity index (χ1) is 9.20. The molecule has 0 fully saturated rings. The number of para-hydroxylation sites is 1. The lowest BCUT2D eigenvalue weighted by Gasteiger charge is -2.14. The summed E-state index contributed by atoms with van der Waals surface area (Å²) in [4.78, 5) is 4.58. The maximum absolute atomic E-state index is 10.7. The van der Waals surface area contributed by atoms with Crippen molar-refractivity contribution < 1.29 is 13.5 Å². The van der Waals surface area contributed by atoms with Gasteiger partial charge in [0.25, 0.3) is 0 Å². The van der Waals surface area contributed by atoms with Gasteiger partial charge in [-0.1, -0.05) is 12.1 Å². The van der Waals surface area contributed by atoms with E-state index in [2.05, 4.69) is 9.71 Å². The first-order valence-corrected chi connectivity index (χ1v) is 7.09. The van der Waals surface area contributed by atoms with Crippen LogP contribution in [0.3, 0.4) is 0 Å². The minimum absolute atomic E-state index is 0.257. The summed E-state index contributed by atoms with van der Waals surface area (Å²) in [7, 11) is 0. The molecule has 0 aliphatic rings. The van der Waals surface area contributed by atoms with Gasteiger partial charge in [0.2, 0.25) is 0 Å². The van der Waals surface area contributed by atoms with Crippen molar-refractivity contribution in [2.75, 3.05) is 4.72 Å². The highest BCUT2D eigenvalue weighted by molar-refractivity contribution is 7.97. The lowest BCUT2D eigenvalue weighted by atomic mass is 10.3. The van der Waals surface area contributed by atoms with E-state index < -0.39 is 11.3 Å². The lowest BCUT2D eigenvalue weighted by Crippen LogP contribution is -2.04. The monoisotopic (exact) mass is 296 g/mol. The second kappa shape index (κ2) is 6.53. The Bertz CT molecular complexity index is 595. The minimum Gasteiger partial charge on any atom is -0.755 e. The summed E-state index contributed by atoms with van der Waals surface area (Å²) in [5.41, 5.74) is 0.257. The van der Waals surface area contributed by atoms with Crippen LogP contribution in [0, 0.1) is 0 Å². The number of nitrogens with one attached hydrogen (secondary N) is 1. The fraction of sp³-hybridized carbons (Fsp3) is 0. The molecule has 0 radical (unpaired) electrons. The van der Waals surface area contributed by atoms with Crippen molar-refractivity contribution in [1.82, 2.24) is 4.98 Å². The van der Waals surface area contributed by atoms with E-state index in [-0.39, 0.29) is 5.69 Å². The van der Waals surface area contributed by atoms with Crippen LogP contribution in [0.25, 0.3) is 0 Å². The van der Waals surface area contributed by atoms with Gasteiger partial charge in [0.1, 0.15) is 11.4 Å². The van der Waals surface area contributed by atoms with Crippen molar-refractivity contribution in [2.45, 2.75) is 4.90 Å². The van der Waals surface area contributed by atoms with Crippen LogP contribution in [0.4, 0.5) is 5.69 Å². The second-order valence-electron chi connectivity index (χ2n) is 3.38. The van der Waals surface area contributed by atoms with E-state index in [0.717, 1.165) is 16.8 Å². The molecular weight excluding hydrogens is 286 g/mol. The number of aromatic nitrogens is 1. The van der Waals surface area contributed by atoms with Crippen LogP contribution >= 0.6 is 11.9 Å². The Morgan fingerprint density at radius 1 is 1.32 bits per heavy atom. The average molecular weight is 296 g/mol. The van der Waals surface area contributed by atoms with Gasteiger partial charge in [-0.15, -0.1) is 0 Å². The van der Waals surface area contributed by atoms with Gasteiger partial charge in [-0.05, 0) is 24.1 Å². The van der Waals surface area contributed by atoms with Crippen molar-refractivity contribution in [1.29, 1.82) is 0 Å². The Kier molecular flexibility index (Phi) is 4.74. The Hall–Kier alpha value is -1.61. The molecule has 0 spiro atoms. The van der Waals surface area contributed by atoms with Crippen molar-refractivity contribution >= 4 is 28.9 Å². The highest BCUT2D eigenvalue weighted by atomic mass is 32.2. The molecule has 0 amide bonds. The number of nitrogens with two attached hydrogens (primary N) is 1. The van der Waals surface area contributed by atoms with Crippen LogP contribution < -0.4 is 14.6 Å². The normalized spacial score (nSPS) is 11.9. The summed E-state index contributed by atoms with van der Waals surface area (Å²) in [6, 6.07) is 8.75. The molecule has 1 heterocycles. The number of pyridine rings is 1. The third kappa shape index (κ3) is 3.67. The van der Waals surface area contributed by atoms with Gasteiger partial charge >= 0.3 is 0 Å². The first-order valence-electron chi connectivity index (χ1n) is 5.14. The van der Waals surface area contributed by atoms with Gasteiger partial charge in [0, 0.05) is 23.5 Å². The highest BCUT2D eigenvalue weighted by Crippen LogP contribution is 2.33. The molecule has 1 atom stereocenters. The second-order valence-corrected chi connectivity index (χ2v) is 4.72. The van der Waals surface area contributed by atoms with Crippen LogP contribution in [0.1, 0.15) is 0 Å². The Morgan fingerprint density at radius 3 is 2.84 bits per heavy atom. The quantitative estimate of drug-likeness (QED) is 0.647. The zero-order valence-corrected chi connectivity index (χ0v) is 11.2. The number of hydrogen-bond acceptors (Lipinski definition) is 6. The highest BCUT2D eigenvalue weighted by Gasteiger charge is 2.08. The summed E-state index contributed by atoms with van der Waals surface area (Å²) in [6.07, 6.45) is 2.87. The Labute approximate surface area is 116 Å². The van der Waals surface area contributed by atoms with E-state index in [1.807, 2.05) is 6.07 Å². The van der Waals surface area contributed by atoms with E-state index in [1.54, 1.807) is 24.3 Å². The molecule has 0 saturated carbocycles.